The molecule has 0 aromatic rings. The second kappa shape index (κ2) is 5.93. The van der Waals surface area contributed by atoms with Gasteiger partial charge in [-0.3, -0.25) is 9.52 Å². The van der Waals surface area contributed by atoms with E-state index in [0.29, 0.717) is 18.3 Å². The Hall–Kier alpha value is -0.790. The van der Waals surface area contributed by atoms with Crippen LogP contribution in [0, 0.1) is 23.7 Å². The molecule has 3 atom stereocenters. The first kappa shape index (κ1) is 17.0. The number of halogens is 3. The molecule has 0 aromatic heterocycles. The number of hydrogen-bond donors (Lipinski definition) is 1. The average molecular weight is 353 g/mol. The number of nitrogens with one attached hydrogen (secondary N) is 1. The first-order chi connectivity index (χ1) is 10.7. The van der Waals surface area contributed by atoms with Crippen molar-refractivity contribution in [3.05, 3.63) is 0 Å². The van der Waals surface area contributed by atoms with E-state index < -0.39 is 33.3 Å². The van der Waals surface area contributed by atoms with Gasteiger partial charge in [0.25, 0.3) is 0 Å². The summed E-state index contributed by atoms with van der Waals surface area (Å²) in [6.45, 7) is 0. The molecule has 0 heterocycles. The van der Waals surface area contributed by atoms with Crippen LogP contribution in [0.3, 0.4) is 0 Å². The third kappa shape index (κ3) is 3.83. The van der Waals surface area contributed by atoms with E-state index in [2.05, 4.69) is 4.72 Å². The zero-order valence-electron chi connectivity index (χ0n) is 12.8. The van der Waals surface area contributed by atoms with Crippen molar-refractivity contribution in [2.75, 3.05) is 0 Å². The van der Waals surface area contributed by atoms with Crippen LogP contribution in [0.4, 0.5) is 13.2 Å². The SMILES string of the molecule is O=C(NS(=O)(=O)C1CCC(C(F)(F)F)CC1)C1CCC2CC2C1. The topological polar surface area (TPSA) is 63.2 Å². The zero-order chi connectivity index (χ0) is 16.8. The highest BCUT2D eigenvalue weighted by atomic mass is 32.2. The van der Waals surface area contributed by atoms with Crippen LogP contribution < -0.4 is 4.72 Å². The van der Waals surface area contributed by atoms with Crippen molar-refractivity contribution >= 4 is 15.9 Å². The van der Waals surface area contributed by atoms with E-state index in [1.165, 1.54) is 0 Å². The molecule has 3 unspecified atom stereocenters. The molecule has 0 aromatic carbocycles. The van der Waals surface area contributed by atoms with Crippen molar-refractivity contribution in [2.45, 2.75) is 62.8 Å². The number of rotatable bonds is 3. The fraction of sp³-hybridized carbons (Fsp3) is 0.933. The van der Waals surface area contributed by atoms with Crippen LogP contribution in [0.5, 0.6) is 0 Å². The fourth-order valence-corrected chi connectivity index (χ4v) is 5.60. The smallest absolute Gasteiger partial charge is 0.274 e. The minimum absolute atomic E-state index is 0.0395. The van der Waals surface area contributed by atoms with Crippen molar-refractivity contribution in [3.63, 3.8) is 0 Å². The van der Waals surface area contributed by atoms with Gasteiger partial charge in [0.15, 0.2) is 0 Å². The number of fused-ring (bicyclic) bond motifs is 1. The monoisotopic (exact) mass is 353 g/mol. The maximum absolute atomic E-state index is 12.6. The van der Waals surface area contributed by atoms with Gasteiger partial charge in [0.05, 0.1) is 11.2 Å². The zero-order valence-corrected chi connectivity index (χ0v) is 13.6. The number of amides is 1. The van der Waals surface area contributed by atoms with Crippen LogP contribution in [0.15, 0.2) is 0 Å². The standard InChI is InChI=1S/C15H22F3NO3S/c16-15(17,18)12-3-5-13(6-4-12)23(21,22)19-14(20)10-2-1-9-7-11(9)8-10/h9-13H,1-8H2,(H,19,20). The van der Waals surface area contributed by atoms with Crippen molar-refractivity contribution in [1.29, 1.82) is 0 Å². The number of carbonyl (C=O) groups excluding carboxylic acids is 1. The summed E-state index contributed by atoms with van der Waals surface area (Å²) in [5.74, 6) is -0.874. The van der Waals surface area contributed by atoms with E-state index in [4.69, 9.17) is 0 Å². The van der Waals surface area contributed by atoms with E-state index in [1.807, 2.05) is 0 Å². The fourth-order valence-electron chi connectivity index (χ4n) is 4.10. The van der Waals surface area contributed by atoms with Gasteiger partial charge in [0.1, 0.15) is 0 Å². The molecule has 4 nitrogen and oxygen atoms in total. The van der Waals surface area contributed by atoms with Crippen LogP contribution in [0.1, 0.15) is 51.4 Å². The molecule has 3 fully saturated rings. The molecule has 8 heteroatoms. The maximum Gasteiger partial charge on any atom is 0.391 e. The van der Waals surface area contributed by atoms with E-state index in [1.54, 1.807) is 0 Å². The highest BCUT2D eigenvalue weighted by Gasteiger charge is 2.46. The lowest BCUT2D eigenvalue weighted by molar-refractivity contribution is -0.181. The van der Waals surface area contributed by atoms with Crippen molar-refractivity contribution in [1.82, 2.24) is 4.72 Å². The summed E-state index contributed by atoms with van der Waals surface area (Å²) >= 11 is 0. The number of carbonyl (C=O) groups is 1. The van der Waals surface area contributed by atoms with E-state index >= 15 is 0 Å². The van der Waals surface area contributed by atoms with Gasteiger partial charge in [0.2, 0.25) is 15.9 Å². The molecule has 3 rings (SSSR count). The highest BCUT2D eigenvalue weighted by molar-refractivity contribution is 7.90. The predicted octanol–water partition coefficient (Wildman–Crippen LogP) is 2.99. The molecule has 0 radical (unpaired) electrons. The molecule has 3 aliphatic carbocycles. The number of hydrogen-bond acceptors (Lipinski definition) is 3. The van der Waals surface area contributed by atoms with Crippen LogP contribution in [-0.4, -0.2) is 25.8 Å². The average Bonchev–Trinajstić information content (AvgIpc) is 3.24. The van der Waals surface area contributed by atoms with E-state index in [-0.39, 0.29) is 31.6 Å². The highest BCUT2D eigenvalue weighted by Crippen LogP contribution is 2.51. The predicted molar refractivity (Wildman–Crippen MR) is 77.8 cm³/mol. The Morgan fingerprint density at radius 3 is 2.13 bits per heavy atom. The lowest BCUT2D eigenvalue weighted by Gasteiger charge is -2.30. The Kier molecular flexibility index (Phi) is 4.40. The molecule has 0 bridgehead atoms. The summed E-state index contributed by atoms with van der Waals surface area (Å²) in [7, 11) is -3.87. The summed E-state index contributed by atoms with van der Waals surface area (Å²) < 4.78 is 64.6. The second-order valence-electron chi connectivity index (χ2n) is 7.29. The van der Waals surface area contributed by atoms with Crippen LogP contribution in [0.25, 0.3) is 0 Å². The molecular formula is C15H22F3NO3S. The third-order valence-corrected chi connectivity index (χ3v) is 7.57. The molecule has 3 saturated carbocycles. The molecule has 1 amide bonds. The lowest BCUT2D eigenvalue weighted by Crippen LogP contribution is -2.44. The molecular weight excluding hydrogens is 331 g/mol. The van der Waals surface area contributed by atoms with E-state index in [9.17, 15) is 26.4 Å². The number of alkyl halides is 3. The maximum atomic E-state index is 12.6. The van der Waals surface area contributed by atoms with Crippen LogP contribution in [0.2, 0.25) is 0 Å². The van der Waals surface area contributed by atoms with Gasteiger partial charge in [0, 0.05) is 5.92 Å². The summed E-state index contributed by atoms with van der Waals surface area (Å²) in [4.78, 5) is 12.2. The Morgan fingerprint density at radius 1 is 0.913 bits per heavy atom. The molecule has 23 heavy (non-hydrogen) atoms. The minimum atomic E-state index is -4.26. The van der Waals surface area contributed by atoms with Gasteiger partial charge >= 0.3 is 6.18 Å². The second-order valence-corrected chi connectivity index (χ2v) is 9.25. The van der Waals surface area contributed by atoms with Crippen LogP contribution >= 0.6 is 0 Å². The van der Waals surface area contributed by atoms with Gasteiger partial charge in [-0.05, 0) is 63.2 Å². The first-order valence-corrected chi connectivity index (χ1v) is 9.83. The Balaban J connectivity index is 1.54. The Morgan fingerprint density at radius 2 is 1.57 bits per heavy atom. The van der Waals surface area contributed by atoms with Gasteiger partial charge in [-0.25, -0.2) is 8.42 Å². The third-order valence-electron chi connectivity index (χ3n) is 5.73. The van der Waals surface area contributed by atoms with Gasteiger partial charge in [-0.1, -0.05) is 0 Å². The molecule has 1 N–H and O–H groups in total. The summed E-state index contributed by atoms with van der Waals surface area (Å²) in [5, 5.41) is -0.887. The minimum Gasteiger partial charge on any atom is -0.274 e. The Labute approximate surface area is 134 Å². The normalized spacial score (nSPS) is 37.8. The van der Waals surface area contributed by atoms with Gasteiger partial charge < -0.3 is 0 Å². The lowest BCUT2D eigenvalue weighted by atomic mass is 9.88. The van der Waals surface area contributed by atoms with Crippen LogP contribution in [-0.2, 0) is 14.8 Å². The molecule has 0 aliphatic heterocycles. The van der Waals surface area contributed by atoms with Crippen molar-refractivity contribution in [3.8, 4) is 0 Å². The van der Waals surface area contributed by atoms with Gasteiger partial charge in [-0.15, -0.1) is 0 Å². The number of sulfonamides is 1. The summed E-state index contributed by atoms with van der Waals surface area (Å²) in [5.41, 5.74) is 0. The quantitative estimate of drug-likeness (QED) is 0.848. The molecule has 132 valence electrons. The summed E-state index contributed by atoms with van der Waals surface area (Å²) in [6.07, 6.45) is -1.15. The Bertz CT molecular complexity index is 567. The van der Waals surface area contributed by atoms with Crippen molar-refractivity contribution in [2.24, 2.45) is 23.7 Å². The van der Waals surface area contributed by atoms with Crippen molar-refractivity contribution < 1.29 is 26.4 Å². The molecule has 0 saturated heterocycles. The molecule has 0 spiro atoms. The molecule has 3 aliphatic rings. The summed E-state index contributed by atoms with van der Waals surface area (Å²) in [6, 6.07) is 0. The first-order valence-electron chi connectivity index (χ1n) is 8.29. The largest absolute Gasteiger partial charge is 0.391 e. The van der Waals surface area contributed by atoms with Gasteiger partial charge in [-0.2, -0.15) is 13.2 Å². The van der Waals surface area contributed by atoms with E-state index in [0.717, 1.165) is 19.3 Å².